The first-order valence-corrected chi connectivity index (χ1v) is 6.89. The molecule has 0 spiro atoms. The van der Waals surface area contributed by atoms with Gasteiger partial charge in [-0.25, -0.2) is 0 Å². The Hall–Kier alpha value is -0.870. The van der Waals surface area contributed by atoms with Crippen molar-refractivity contribution in [3.8, 4) is 5.75 Å². The molecule has 3 nitrogen and oxygen atoms in total. The molecule has 1 aromatic carbocycles. The highest BCUT2D eigenvalue weighted by Gasteiger charge is 2.23. The summed E-state index contributed by atoms with van der Waals surface area (Å²) in [6.45, 7) is 0.282. The van der Waals surface area contributed by atoms with E-state index in [9.17, 15) is 0 Å². The van der Waals surface area contributed by atoms with Crippen molar-refractivity contribution in [2.24, 2.45) is 0 Å². The van der Waals surface area contributed by atoms with Crippen LogP contribution in [0.15, 0.2) is 23.1 Å². The second kappa shape index (κ2) is 5.65. The molecule has 0 saturated heterocycles. The predicted molar refractivity (Wildman–Crippen MR) is 72.2 cm³/mol. The molecule has 0 aromatic heterocycles. The molecule has 17 heavy (non-hydrogen) atoms. The summed E-state index contributed by atoms with van der Waals surface area (Å²) in [6, 6.07) is 6.74. The Bertz CT molecular complexity index is 384. The minimum absolute atomic E-state index is 0.282. The number of thioether (sulfide) groups is 1. The summed E-state index contributed by atoms with van der Waals surface area (Å²) < 4.78 is 5.24. The second-order valence-electron chi connectivity index (χ2n) is 4.28. The van der Waals surface area contributed by atoms with Gasteiger partial charge in [-0.2, -0.15) is 0 Å². The van der Waals surface area contributed by atoms with Crippen LogP contribution in [-0.4, -0.2) is 37.7 Å². The average molecular weight is 253 g/mol. The van der Waals surface area contributed by atoms with E-state index in [-0.39, 0.29) is 6.61 Å². The van der Waals surface area contributed by atoms with Gasteiger partial charge in [-0.1, -0.05) is 0 Å². The van der Waals surface area contributed by atoms with Crippen molar-refractivity contribution < 1.29 is 9.84 Å². The zero-order chi connectivity index (χ0) is 12.3. The number of benzene rings is 1. The molecule has 0 bridgehead atoms. The molecule has 1 heterocycles. The highest BCUT2D eigenvalue weighted by Crippen LogP contribution is 2.39. The van der Waals surface area contributed by atoms with E-state index in [0.717, 1.165) is 24.3 Å². The van der Waals surface area contributed by atoms with Crippen LogP contribution in [-0.2, 0) is 0 Å². The summed E-state index contributed by atoms with van der Waals surface area (Å²) in [6.07, 6.45) is 1.92. The monoisotopic (exact) mass is 253 g/mol. The molecule has 0 aliphatic carbocycles. The Labute approximate surface area is 107 Å². The van der Waals surface area contributed by atoms with Crippen LogP contribution in [0.2, 0.25) is 0 Å². The lowest BCUT2D eigenvalue weighted by atomic mass is 10.1. The van der Waals surface area contributed by atoms with Gasteiger partial charge in [0.25, 0.3) is 0 Å². The molecule has 1 aliphatic rings. The molecule has 0 fully saturated rings. The van der Waals surface area contributed by atoms with Gasteiger partial charge in [0.05, 0.1) is 12.8 Å². The molecule has 2 rings (SSSR count). The summed E-state index contributed by atoms with van der Waals surface area (Å²) in [5.74, 6) is 2.00. The van der Waals surface area contributed by atoms with Crippen LogP contribution in [0.5, 0.6) is 5.75 Å². The number of hydrogen-bond donors (Lipinski definition) is 1. The van der Waals surface area contributed by atoms with Crippen molar-refractivity contribution in [3.63, 3.8) is 0 Å². The van der Waals surface area contributed by atoms with E-state index in [1.54, 1.807) is 7.11 Å². The van der Waals surface area contributed by atoms with E-state index in [4.69, 9.17) is 9.84 Å². The Morgan fingerprint density at radius 1 is 1.53 bits per heavy atom. The van der Waals surface area contributed by atoms with Crippen LogP contribution >= 0.6 is 11.8 Å². The lowest BCUT2D eigenvalue weighted by molar-refractivity contribution is 0.280. The fourth-order valence-corrected chi connectivity index (χ4v) is 3.45. The van der Waals surface area contributed by atoms with Gasteiger partial charge in [0.15, 0.2) is 0 Å². The van der Waals surface area contributed by atoms with Gasteiger partial charge < -0.3 is 14.7 Å². The van der Waals surface area contributed by atoms with E-state index < -0.39 is 0 Å². The van der Waals surface area contributed by atoms with Crippen molar-refractivity contribution in [1.29, 1.82) is 0 Å². The first kappa shape index (κ1) is 12.6. The maximum Gasteiger partial charge on any atom is 0.120 e. The number of methoxy groups -OCH3 is 1. The molecule has 1 unspecified atom stereocenters. The van der Waals surface area contributed by atoms with Gasteiger partial charge in [0, 0.05) is 30.3 Å². The van der Waals surface area contributed by atoms with Gasteiger partial charge >= 0.3 is 0 Å². The molecule has 0 radical (unpaired) electrons. The van der Waals surface area contributed by atoms with Crippen molar-refractivity contribution >= 4 is 17.4 Å². The topological polar surface area (TPSA) is 32.7 Å². The van der Waals surface area contributed by atoms with Crippen LogP contribution in [0.4, 0.5) is 5.69 Å². The molecular formula is C13H19NO2S. The molecule has 0 saturated carbocycles. The Kier molecular flexibility index (Phi) is 4.18. The number of hydrogen-bond acceptors (Lipinski definition) is 4. The lowest BCUT2D eigenvalue weighted by Gasteiger charge is -2.35. The van der Waals surface area contributed by atoms with Gasteiger partial charge in [0.1, 0.15) is 5.75 Å². The summed E-state index contributed by atoms with van der Waals surface area (Å²) in [5, 5.41) is 8.90. The highest BCUT2D eigenvalue weighted by molar-refractivity contribution is 7.99. The quantitative estimate of drug-likeness (QED) is 0.893. The third kappa shape index (κ3) is 2.69. The summed E-state index contributed by atoms with van der Waals surface area (Å²) in [7, 11) is 3.83. The van der Waals surface area contributed by atoms with Gasteiger partial charge in [-0.3, -0.25) is 0 Å². The minimum atomic E-state index is 0.282. The van der Waals surface area contributed by atoms with E-state index in [0.29, 0.717) is 6.04 Å². The zero-order valence-corrected chi connectivity index (χ0v) is 11.2. The lowest BCUT2D eigenvalue weighted by Crippen LogP contribution is -2.36. The number of ether oxygens (including phenoxy) is 1. The second-order valence-corrected chi connectivity index (χ2v) is 5.34. The van der Waals surface area contributed by atoms with Crippen LogP contribution in [0.25, 0.3) is 0 Å². The molecule has 1 aromatic rings. The molecule has 0 amide bonds. The normalized spacial score (nSPS) is 19.0. The molecule has 1 atom stereocenters. The van der Waals surface area contributed by atoms with Gasteiger partial charge in [-0.05, 0) is 31.0 Å². The fourth-order valence-electron chi connectivity index (χ4n) is 2.13. The van der Waals surface area contributed by atoms with Gasteiger partial charge in [0.2, 0.25) is 0 Å². The number of rotatable bonds is 4. The summed E-state index contributed by atoms with van der Waals surface area (Å²) in [4.78, 5) is 3.60. The zero-order valence-electron chi connectivity index (χ0n) is 10.3. The van der Waals surface area contributed by atoms with Crippen LogP contribution in [0.1, 0.15) is 12.8 Å². The third-order valence-electron chi connectivity index (χ3n) is 3.22. The van der Waals surface area contributed by atoms with E-state index >= 15 is 0 Å². The number of aliphatic hydroxyl groups is 1. The van der Waals surface area contributed by atoms with E-state index in [1.165, 1.54) is 10.6 Å². The third-order valence-corrected chi connectivity index (χ3v) is 4.41. The van der Waals surface area contributed by atoms with Crippen molar-refractivity contribution in [2.75, 3.05) is 31.4 Å². The smallest absolute Gasteiger partial charge is 0.120 e. The first-order valence-electron chi connectivity index (χ1n) is 5.90. The molecule has 4 heteroatoms. The van der Waals surface area contributed by atoms with Crippen molar-refractivity contribution in [2.45, 2.75) is 23.8 Å². The standard InChI is InChI=1S/C13H19NO2S/c1-14-10(4-3-7-15)9-17-13-8-11(16-2)5-6-12(13)14/h5-6,8,10,15H,3-4,7,9H2,1-2H3. The highest BCUT2D eigenvalue weighted by atomic mass is 32.2. The molecule has 94 valence electrons. The fraction of sp³-hybridized carbons (Fsp3) is 0.538. The molecule has 1 N–H and O–H groups in total. The van der Waals surface area contributed by atoms with Crippen molar-refractivity contribution in [3.05, 3.63) is 18.2 Å². The molecular weight excluding hydrogens is 234 g/mol. The predicted octanol–water partition coefficient (Wildman–Crippen LogP) is 2.38. The first-order chi connectivity index (χ1) is 8.26. The number of aliphatic hydroxyl groups excluding tert-OH is 1. The minimum Gasteiger partial charge on any atom is -0.497 e. The summed E-state index contributed by atoms with van der Waals surface area (Å²) in [5.41, 5.74) is 1.27. The number of anilines is 1. The van der Waals surface area contributed by atoms with E-state index in [2.05, 4.69) is 24.1 Å². The van der Waals surface area contributed by atoms with Crippen LogP contribution in [0.3, 0.4) is 0 Å². The Morgan fingerprint density at radius 3 is 3.06 bits per heavy atom. The number of fused-ring (bicyclic) bond motifs is 1. The Morgan fingerprint density at radius 2 is 2.35 bits per heavy atom. The SMILES string of the molecule is COc1ccc2c(c1)SCC(CCCO)N2C. The van der Waals surface area contributed by atoms with E-state index in [1.807, 2.05) is 17.8 Å². The number of nitrogens with zero attached hydrogens (tertiary/aromatic N) is 1. The average Bonchev–Trinajstić information content (AvgIpc) is 2.37. The van der Waals surface area contributed by atoms with Gasteiger partial charge in [-0.15, -0.1) is 11.8 Å². The maximum absolute atomic E-state index is 8.90. The summed E-state index contributed by atoms with van der Waals surface area (Å²) >= 11 is 1.88. The van der Waals surface area contributed by atoms with Crippen LogP contribution in [0, 0.1) is 0 Å². The Balaban J connectivity index is 2.15. The van der Waals surface area contributed by atoms with Crippen molar-refractivity contribution in [1.82, 2.24) is 0 Å². The molecule has 1 aliphatic heterocycles. The largest absolute Gasteiger partial charge is 0.497 e. The maximum atomic E-state index is 8.90. The van der Waals surface area contributed by atoms with Crippen LogP contribution < -0.4 is 9.64 Å².